The summed E-state index contributed by atoms with van der Waals surface area (Å²) in [7, 11) is 0. The van der Waals surface area contributed by atoms with Crippen LogP contribution in [0.4, 0.5) is 24.0 Å². The first-order valence-electron chi connectivity index (χ1n) is 10.2. The average Bonchev–Trinajstić information content (AvgIpc) is 3.21. The number of thiazole rings is 1. The first-order chi connectivity index (χ1) is 16.2. The van der Waals surface area contributed by atoms with Crippen LogP contribution in [-0.2, 0) is 4.74 Å². The lowest BCUT2D eigenvalue weighted by Crippen LogP contribution is -2.43. The van der Waals surface area contributed by atoms with Crippen LogP contribution in [0.15, 0.2) is 42.5 Å². The molecule has 1 fully saturated rings. The predicted molar refractivity (Wildman–Crippen MR) is 126 cm³/mol. The summed E-state index contributed by atoms with van der Waals surface area (Å²) in [4.78, 5) is 31.7. The summed E-state index contributed by atoms with van der Waals surface area (Å²) in [6, 6.07) is 9.00. The fourth-order valence-corrected chi connectivity index (χ4v) is 4.46. The zero-order valence-corrected chi connectivity index (χ0v) is 19.7. The maximum atomic E-state index is 13.3. The van der Waals surface area contributed by atoms with Gasteiger partial charge in [0.15, 0.2) is 5.13 Å². The van der Waals surface area contributed by atoms with Crippen molar-refractivity contribution in [3.8, 4) is 5.75 Å². The van der Waals surface area contributed by atoms with Gasteiger partial charge < -0.3 is 9.47 Å². The Hall–Kier alpha value is -3.00. The van der Waals surface area contributed by atoms with Gasteiger partial charge in [0.2, 0.25) is 0 Å². The Bertz CT molecular complexity index is 1190. The van der Waals surface area contributed by atoms with E-state index in [2.05, 4.69) is 14.6 Å². The number of carbonyl (C=O) groups is 1. The highest BCUT2D eigenvalue weighted by Crippen LogP contribution is 2.34. The molecule has 2 aromatic carbocycles. The molecule has 9 nitrogen and oxygen atoms in total. The molecule has 1 saturated heterocycles. The third-order valence-corrected chi connectivity index (χ3v) is 6.17. The number of aromatic nitrogens is 1. The van der Waals surface area contributed by atoms with Crippen LogP contribution >= 0.6 is 23.7 Å². The maximum absolute atomic E-state index is 13.3. The van der Waals surface area contributed by atoms with Crippen LogP contribution in [0.5, 0.6) is 5.75 Å². The van der Waals surface area contributed by atoms with E-state index in [0.717, 1.165) is 17.4 Å². The molecule has 0 bridgehead atoms. The van der Waals surface area contributed by atoms with E-state index >= 15 is 0 Å². The van der Waals surface area contributed by atoms with Crippen LogP contribution in [0, 0.1) is 10.1 Å². The normalized spacial score (nSPS) is 14.4. The summed E-state index contributed by atoms with van der Waals surface area (Å²) < 4.78 is 47.5. The van der Waals surface area contributed by atoms with Crippen molar-refractivity contribution in [2.45, 2.75) is 6.36 Å². The van der Waals surface area contributed by atoms with Crippen LogP contribution < -0.4 is 9.64 Å². The predicted octanol–water partition coefficient (Wildman–Crippen LogP) is 4.50. The minimum Gasteiger partial charge on any atom is -0.406 e. The van der Waals surface area contributed by atoms with Gasteiger partial charge in [-0.3, -0.25) is 24.7 Å². The molecular formula is C21H20ClF3N4O5S. The molecule has 0 N–H and O–H groups in total. The summed E-state index contributed by atoms with van der Waals surface area (Å²) in [5, 5.41) is 11.2. The molecule has 0 saturated carbocycles. The number of rotatable bonds is 7. The number of hydrogen-bond donors (Lipinski definition) is 0. The van der Waals surface area contributed by atoms with Gasteiger partial charge in [0.05, 0.1) is 28.4 Å². The number of hydrogen-bond acceptors (Lipinski definition) is 8. The summed E-state index contributed by atoms with van der Waals surface area (Å²) in [6.45, 7) is 3.37. The van der Waals surface area contributed by atoms with Gasteiger partial charge in [0, 0.05) is 49.9 Å². The molecule has 1 aliphatic heterocycles. The van der Waals surface area contributed by atoms with Crippen LogP contribution in [-0.4, -0.2) is 66.5 Å². The fourth-order valence-electron chi connectivity index (χ4n) is 3.44. The number of ether oxygens (including phenoxy) is 2. The number of amides is 1. The minimum atomic E-state index is -4.82. The van der Waals surface area contributed by atoms with Gasteiger partial charge in [-0.1, -0.05) is 11.3 Å². The minimum absolute atomic E-state index is 0. The Kier molecular flexibility index (Phi) is 8.48. The van der Waals surface area contributed by atoms with Crippen molar-refractivity contribution < 1.29 is 32.4 Å². The summed E-state index contributed by atoms with van der Waals surface area (Å²) in [6.07, 6.45) is -4.82. The van der Waals surface area contributed by atoms with Crippen LogP contribution in [0.3, 0.4) is 0 Å². The highest BCUT2D eigenvalue weighted by molar-refractivity contribution is 7.22. The van der Waals surface area contributed by atoms with Crippen LogP contribution in [0.1, 0.15) is 10.4 Å². The summed E-state index contributed by atoms with van der Waals surface area (Å²) in [5.41, 5.74) is 0.504. The average molecular weight is 533 g/mol. The standard InChI is InChI=1S/C21H19F3N4O5S.ClH/c22-21(23,24)33-16-5-6-17-18(13-16)34-20(25-17)27(8-7-26-9-11-32-12-10-26)19(29)14-1-3-15(4-2-14)28(30)31;/h1-6,13H,7-12H2;1H. The second-order valence-corrected chi connectivity index (χ2v) is 8.40. The van der Waals surface area contributed by atoms with Crippen molar-refractivity contribution in [2.75, 3.05) is 44.3 Å². The lowest BCUT2D eigenvalue weighted by molar-refractivity contribution is -0.384. The first kappa shape index (κ1) is 26.6. The second kappa shape index (κ2) is 11.2. The molecule has 1 amide bonds. The molecule has 0 atom stereocenters. The molecule has 188 valence electrons. The number of benzene rings is 2. The molecule has 35 heavy (non-hydrogen) atoms. The third kappa shape index (κ3) is 6.78. The largest absolute Gasteiger partial charge is 0.573 e. The number of anilines is 1. The molecule has 14 heteroatoms. The van der Waals surface area contributed by atoms with Crippen molar-refractivity contribution in [3.63, 3.8) is 0 Å². The number of fused-ring (bicyclic) bond motifs is 1. The van der Waals surface area contributed by atoms with E-state index in [1.807, 2.05) is 0 Å². The first-order valence-corrected chi connectivity index (χ1v) is 11.0. The number of alkyl halides is 3. The van der Waals surface area contributed by atoms with E-state index in [4.69, 9.17) is 4.74 Å². The molecule has 1 aliphatic rings. The molecule has 4 rings (SSSR count). The van der Waals surface area contributed by atoms with Crippen LogP contribution in [0.25, 0.3) is 10.2 Å². The van der Waals surface area contributed by atoms with Crippen molar-refractivity contribution >= 4 is 50.7 Å². The van der Waals surface area contributed by atoms with E-state index < -0.39 is 17.2 Å². The van der Waals surface area contributed by atoms with E-state index in [1.54, 1.807) is 0 Å². The number of nitrogens with zero attached hydrogens (tertiary/aromatic N) is 4. The third-order valence-electron chi connectivity index (χ3n) is 5.13. The molecule has 0 spiro atoms. The maximum Gasteiger partial charge on any atom is 0.573 e. The monoisotopic (exact) mass is 532 g/mol. The van der Waals surface area contributed by atoms with Crippen LogP contribution in [0.2, 0.25) is 0 Å². The van der Waals surface area contributed by atoms with Crippen molar-refractivity contribution in [3.05, 3.63) is 58.1 Å². The zero-order valence-electron chi connectivity index (χ0n) is 18.1. The summed E-state index contributed by atoms with van der Waals surface area (Å²) in [5.74, 6) is -0.800. The fraction of sp³-hybridized carbons (Fsp3) is 0.333. The van der Waals surface area contributed by atoms with E-state index in [0.29, 0.717) is 48.2 Å². The molecular weight excluding hydrogens is 513 g/mol. The van der Waals surface area contributed by atoms with Gasteiger partial charge in [0.1, 0.15) is 5.75 Å². The Morgan fingerprint density at radius 2 is 1.89 bits per heavy atom. The smallest absolute Gasteiger partial charge is 0.406 e. The molecule has 0 radical (unpaired) electrons. The van der Waals surface area contributed by atoms with Crippen molar-refractivity contribution in [1.29, 1.82) is 0 Å². The van der Waals surface area contributed by atoms with E-state index in [9.17, 15) is 28.1 Å². The Morgan fingerprint density at radius 1 is 1.20 bits per heavy atom. The topological polar surface area (TPSA) is 98.0 Å². The SMILES string of the molecule is Cl.O=C(c1ccc([N+](=O)[O-])cc1)N(CCN1CCOCC1)c1nc2ccc(OC(F)(F)F)cc2s1. The molecule has 3 aromatic rings. The van der Waals surface area contributed by atoms with E-state index in [-0.39, 0.29) is 36.0 Å². The highest BCUT2D eigenvalue weighted by Gasteiger charge is 2.31. The number of non-ortho nitro benzene ring substituents is 1. The van der Waals surface area contributed by atoms with Gasteiger partial charge in [-0.15, -0.1) is 25.6 Å². The Morgan fingerprint density at radius 3 is 2.51 bits per heavy atom. The zero-order chi connectivity index (χ0) is 24.3. The second-order valence-electron chi connectivity index (χ2n) is 7.39. The highest BCUT2D eigenvalue weighted by atomic mass is 35.5. The number of nitro groups is 1. The van der Waals surface area contributed by atoms with E-state index in [1.165, 1.54) is 41.3 Å². The lowest BCUT2D eigenvalue weighted by Gasteiger charge is -2.29. The van der Waals surface area contributed by atoms with Gasteiger partial charge in [-0.25, -0.2) is 4.98 Å². The Labute approximate surface area is 207 Å². The van der Waals surface area contributed by atoms with Gasteiger partial charge in [-0.2, -0.15) is 0 Å². The van der Waals surface area contributed by atoms with Crippen molar-refractivity contribution in [2.24, 2.45) is 0 Å². The van der Waals surface area contributed by atoms with Gasteiger partial charge in [0.25, 0.3) is 11.6 Å². The number of halogens is 4. The number of carbonyl (C=O) groups excluding carboxylic acids is 1. The van der Waals surface area contributed by atoms with Gasteiger partial charge in [-0.05, 0) is 24.3 Å². The van der Waals surface area contributed by atoms with Crippen molar-refractivity contribution in [1.82, 2.24) is 9.88 Å². The molecule has 0 aliphatic carbocycles. The molecule has 2 heterocycles. The summed E-state index contributed by atoms with van der Waals surface area (Å²) >= 11 is 1.06. The Balaban J connectivity index is 0.00000342. The molecule has 1 aromatic heterocycles. The quantitative estimate of drug-likeness (QED) is 0.326. The molecule has 0 unspecified atom stereocenters. The van der Waals surface area contributed by atoms with Gasteiger partial charge >= 0.3 is 6.36 Å². The number of morpholine rings is 1. The lowest BCUT2D eigenvalue weighted by atomic mass is 10.2. The number of nitro benzene ring substituents is 1.